The maximum absolute atomic E-state index is 12.6. The fraction of sp³-hybridized carbons (Fsp3) is 0.250. The normalized spacial score (nSPS) is 10.6. The summed E-state index contributed by atoms with van der Waals surface area (Å²) < 4.78 is 10.2. The van der Waals surface area contributed by atoms with E-state index < -0.39 is 0 Å². The van der Waals surface area contributed by atoms with Crippen LogP contribution in [-0.4, -0.2) is 29.7 Å². The molecule has 140 valence electrons. The number of nitrogens with zero attached hydrogens (tertiary/aromatic N) is 2. The molecule has 0 radical (unpaired) electrons. The minimum atomic E-state index is -0.129. The number of carbonyl (C=O) groups excluding carboxylic acids is 1. The Morgan fingerprint density at radius 3 is 2.78 bits per heavy atom. The van der Waals surface area contributed by atoms with Gasteiger partial charge in [0, 0.05) is 24.6 Å². The fourth-order valence-corrected chi connectivity index (χ4v) is 3.39. The Balaban J connectivity index is 1.55. The van der Waals surface area contributed by atoms with Crippen LogP contribution in [0, 0.1) is 6.92 Å². The van der Waals surface area contributed by atoms with Crippen molar-refractivity contribution in [2.24, 2.45) is 0 Å². The second kappa shape index (κ2) is 9.23. The van der Waals surface area contributed by atoms with Gasteiger partial charge in [-0.15, -0.1) is 0 Å². The van der Waals surface area contributed by atoms with Gasteiger partial charge in [-0.3, -0.25) is 4.79 Å². The van der Waals surface area contributed by atoms with Crippen molar-refractivity contribution < 1.29 is 14.1 Å². The molecule has 2 heterocycles. The van der Waals surface area contributed by atoms with Crippen LogP contribution in [0.1, 0.15) is 27.4 Å². The average Bonchev–Trinajstić information content (AvgIpc) is 3.12. The summed E-state index contributed by atoms with van der Waals surface area (Å²) in [4.78, 5) is 16.9. The van der Waals surface area contributed by atoms with Gasteiger partial charge in [0.15, 0.2) is 0 Å². The second-order valence-corrected chi connectivity index (χ2v) is 6.89. The molecule has 0 aliphatic heterocycles. The van der Waals surface area contributed by atoms with E-state index in [1.807, 2.05) is 37.3 Å². The van der Waals surface area contributed by atoms with Crippen molar-refractivity contribution in [3.05, 3.63) is 71.2 Å². The zero-order valence-electron chi connectivity index (χ0n) is 15.3. The summed E-state index contributed by atoms with van der Waals surface area (Å²) in [5.74, 6) is 2.06. The highest BCUT2D eigenvalue weighted by atomic mass is 32.2. The molecule has 0 saturated carbocycles. The van der Waals surface area contributed by atoms with Gasteiger partial charge < -0.3 is 14.6 Å². The molecule has 0 saturated heterocycles. The van der Waals surface area contributed by atoms with Gasteiger partial charge in [-0.2, -0.15) is 0 Å². The van der Waals surface area contributed by atoms with E-state index in [0.717, 1.165) is 29.2 Å². The zero-order chi connectivity index (χ0) is 19.1. The molecule has 6 nitrogen and oxygen atoms in total. The molecule has 7 heteroatoms. The van der Waals surface area contributed by atoms with Crippen LogP contribution in [0.2, 0.25) is 0 Å². The molecule has 3 aromatic rings. The Morgan fingerprint density at radius 2 is 2.07 bits per heavy atom. The first-order valence-electron chi connectivity index (χ1n) is 8.57. The van der Waals surface area contributed by atoms with Gasteiger partial charge in [-0.25, -0.2) is 4.98 Å². The van der Waals surface area contributed by atoms with Gasteiger partial charge in [-0.1, -0.05) is 29.1 Å². The van der Waals surface area contributed by atoms with Crippen molar-refractivity contribution in [2.75, 3.05) is 13.7 Å². The average molecular weight is 383 g/mol. The predicted molar refractivity (Wildman–Crippen MR) is 104 cm³/mol. The van der Waals surface area contributed by atoms with Gasteiger partial charge in [0.1, 0.15) is 16.5 Å². The third-order valence-corrected chi connectivity index (χ3v) is 4.95. The number of amides is 1. The van der Waals surface area contributed by atoms with Crippen LogP contribution >= 0.6 is 11.8 Å². The molecule has 1 aromatic carbocycles. The minimum absolute atomic E-state index is 0.129. The van der Waals surface area contributed by atoms with Crippen molar-refractivity contribution in [3.63, 3.8) is 0 Å². The monoisotopic (exact) mass is 383 g/mol. The van der Waals surface area contributed by atoms with Gasteiger partial charge in [-0.05, 0) is 43.2 Å². The summed E-state index contributed by atoms with van der Waals surface area (Å²) in [6, 6.07) is 13.3. The lowest BCUT2D eigenvalue weighted by Gasteiger charge is -2.09. The SMILES string of the molecule is COc1ccc(CCNC(=O)c2cccnc2SCc2cc(C)on2)cc1. The largest absolute Gasteiger partial charge is 0.497 e. The summed E-state index contributed by atoms with van der Waals surface area (Å²) in [6.07, 6.45) is 2.43. The molecular formula is C20H21N3O3S. The van der Waals surface area contributed by atoms with Crippen LogP contribution in [0.3, 0.4) is 0 Å². The van der Waals surface area contributed by atoms with Gasteiger partial charge >= 0.3 is 0 Å². The maximum atomic E-state index is 12.6. The number of carbonyl (C=O) groups is 1. The number of hydrogen-bond donors (Lipinski definition) is 1. The predicted octanol–water partition coefficient (Wildman–Crippen LogP) is 3.65. The highest BCUT2D eigenvalue weighted by Gasteiger charge is 2.13. The highest BCUT2D eigenvalue weighted by Crippen LogP contribution is 2.24. The summed E-state index contributed by atoms with van der Waals surface area (Å²) in [6.45, 7) is 2.40. The molecule has 0 spiro atoms. The van der Waals surface area contributed by atoms with Crippen LogP contribution in [0.15, 0.2) is 58.2 Å². The lowest BCUT2D eigenvalue weighted by Crippen LogP contribution is -2.26. The molecule has 0 atom stereocenters. The molecule has 3 rings (SSSR count). The van der Waals surface area contributed by atoms with Gasteiger partial charge in [0.2, 0.25) is 0 Å². The molecular weight excluding hydrogens is 362 g/mol. The number of nitrogens with one attached hydrogen (secondary N) is 1. The Morgan fingerprint density at radius 1 is 1.26 bits per heavy atom. The number of thioether (sulfide) groups is 1. The maximum Gasteiger partial charge on any atom is 0.254 e. The first kappa shape index (κ1) is 19.0. The fourth-order valence-electron chi connectivity index (χ4n) is 2.51. The number of methoxy groups -OCH3 is 1. The molecule has 1 amide bonds. The van der Waals surface area contributed by atoms with E-state index in [2.05, 4.69) is 15.5 Å². The Hall–Kier alpha value is -2.80. The quantitative estimate of drug-likeness (QED) is 0.598. The van der Waals surface area contributed by atoms with Crippen LogP contribution in [-0.2, 0) is 12.2 Å². The van der Waals surface area contributed by atoms with E-state index in [9.17, 15) is 4.79 Å². The van der Waals surface area contributed by atoms with Crippen LogP contribution in [0.25, 0.3) is 0 Å². The number of benzene rings is 1. The van der Waals surface area contributed by atoms with Crippen LogP contribution in [0.5, 0.6) is 5.75 Å². The molecule has 0 unspecified atom stereocenters. The lowest BCUT2D eigenvalue weighted by atomic mass is 10.1. The Labute approximate surface area is 162 Å². The zero-order valence-corrected chi connectivity index (χ0v) is 16.1. The number of aryl methyl sites for hydroxylation is 1. The van der Waals surface area contributed by atoms with Crippen molar-refractivity contribution in [3.8, 4) is 5.75 Å². The van der Waals surface area contributed by atoms with Gasteiger partial charge in [0.25, 0.3) is 5.91 Å². The molecule has 27 heavy (non-hydrogen) atoms. The van der Waals surface area contributed by atoms with Crippen molar-refractivity contribution >= 4 is 17.7 Å². The number of pyridine rings is 1. The first-order chi connectivity index (χ1) is 13.2. The lowest BCUT2D eigenvalue weighted by molar-refractivity contribution is 0.0950. The number of rotatable bonds is 8. The van der Waals surface area contributed by atoms with E-state index in [-0.39, 0.29) is 5.91 Å². The summed E-state index contributed by atoms with van der Waals surface area (Å²) in [5.41, 5.74) is 2.53. The molecule has 0 bridgehead atoms. The topological polar surface area (TPSA) is 77.2 Å². The standard InChI is InChI=1S/C20H21N3O3S/c1-14-12-16(23-26-14)13-27-20-18(4-3-10-22-20)19(24)21-11-9-15-5-7-17(25-2)8-6-15/h3-8,10,12H,9,11,13H2,1-2H3,(H,21,24). The van der Waals surface area contributed by atoms with Crippen molar-refractivity contribution in [1.29, 1.82) is 0 Å². The minimum Gasteiger partial charge on any atom is -0.497 e. The van der Waals surface area contributed by atoms with E-state index in [0.29, 0.717) is 22.9 Å². The number of hydrogen-bond acceptors (Lipinski definition) is 6. The van der Waals surface area contributed by atoms with E-state index in [1.165, 1.54) is 11.8 Å². The van der Waals surface area contributed by atoms with E-state index >= 15 is 0 Å². The molecule has 2 aromatic heterocycles. The van der Waals surface area contributed by atoms with Crippen molar-refractivity contribution in [2.45, 2.75) is 24.1 Å². The molecule has 0 aliphatic rings. The second-order valence-electron chi connectivity index (χ2n) is 5.93. The number of aromatic nitrogens is 2. The third-order valence-electron chi connectivity index (χ3n) is 3.91. The Kier molecular flexibility index (Phi) is 6.49. The van der Waals surface area contributed by atoms with Crippen LogP contribution in [0.4, 0.5) is 0 Å². The van der Waals surface area contributed by atoms with Crippen molar-refractivity contribution in [1.82, 2.24) is 15.5 Å². The summed E-state index contributed by atoms with van der Waals surface area (Å²) >= 11 is 1.47. The van der Waals surface area contributed by atoms with E-state index in [4.69, 9.17) is 9.26 Å². The summed E-state index contributed by atoms with van der Waals surface area (Å²) in [5, 5.41) is 7.61. The third kappa shape index (κ3) is 5.34. The smallest absolute Gasteiger partial charge is 0.254 e. The number of ether oxygens (including phenoxy) is 1. The van der Waals surface area contributed by atoms with Crippen LogP contribution < -0.4 is 10.1 Å². The molecule has 0 fully saturated rings. The molecule has 1 N–H and O–H groups in total. The molecule has 0 aliphatic carbocycles. The Bertz CT molecular complexity index is 893. The highest BCUT2D eigenvalue weighted by molar-refractivity contribution is 7.98. The first-order valence-corrected chi connectivity index (χ1v) is 9.55. The van der Waals surface area contributed by atoms with Gasteiger partial charge in [0.05, 0.1) is 18.4 Å². The van der Waals surface area contributed by atoms with E-state index in [1.54, 1.807) is 25.4 Å². The summed E-state index contributed by atoms with van der Waals surface area (Å²) in [7, 11) is 1.64.